The van der Waals surface area contributed by atoms with E-state index in [4.69, 9.17) is 21.1 Å². The lowest BCUT2D eigenvalue weighted by atomic mass is 9.62. The Kier molecular flexibility index (Phi) is 4.82. The van der Waals surface area contributed by atoms with Crippen LogP contribution in [-0.4, -0.2) is 47.0 Å². The molecule has 1 aromatic heterocycles. The van der Waals surface area contributed by atoms with Gasteiger partial charge in [0.15, 0.2) is 0 Å². The number of hydrogen-bond donors (Lipinski definition) is 1. The van der Waals surface area contributed by atoms with Crippen LogP contribution in [0.5, 0.6) is 0 Å². The Labute approximate surface area is 170 Å². The van der Waals surface area contributed by atoms with Gasteiger partial charge in [-0.2, -0.15) is 5.10 Å². The summed E-state index contributed by atoms with van der Waals surface area (Å²) in [6.45, 7) is 6.93. The Morgan fingerprint density at radius 1 is 1.29 bits per heavy atom. The van der Waals surface area contributed by atoms with Gasteiger partial charge in [-0.25, -0.2) is 4.79 Å². The molecular weight excluding hydrogens is 378 g/mol. The number of fused-ring (bicyclic) bond motifs is 3. The second kappa shape index (κ2) is 6.92. The first-order valence-corrected chi connectivity index (χ1v) is 10.3. The summed E-state index contributed by atoms with van der Waals surface area (Å²) in [7, 11) is 1.78. The van der Waals surface area contributed by atoms with E-state index in [1.165, 1.54) is 0 Å². The van der Waals surface area contributed by atoms with Gasteiger partial charge in [-0.1, -0.05) is 30.2 Å². The Morgan fingerprint density at radius 2 is 1.96 bits per heavy atom. The molecule has 2 aliphatic rings. The number of nitrogens with one attached hydrogen (secondary N) is 1. The molecule has 2 aromatic rings. The van der Waals surface area contributed by atoms with Gasteiger partial charge in [0.2, 0.25) is 0 Å². The molecule has 1 saturated heterocycles. The number of carbonyl (C=O) groups is 1. The van der Waals surface area contributed by atoms with Crippen molar-refractivity contribution in [2.24, 2.45) is 11.8 Å². The normalized spacial score (nSPS) is 27.8. The third-order valence-electron chi connectivity index (χ3n) is 6.15. The van der Waals surface area contributed by atoms with Gasteiger partial charge in [-0.3, -0.25) is 5.10 Å². The summed E-state index contributed by atoms with van der Waals surface area (Å²) in [5, 5.41) is 8.67. The molecule has 4 rings (SSSR count). The lowest BCUT2D eigenvalue weighted by Gasteiger charge is -2.55. The summed E-state index contributed by atoms with van der Waals surface area (Å²) >= 11 is 6.47. The maximum atomic E-state index is 12.7. The Morgan fingerprint density at radius 3 is 2.57 bits per heavy atom. The molecule has 2 unspecified atom stereocenters. The molecule has 6 nitrogen and oxygen atoms in total. The van der Waals surface area contributed by atoms with Gasteiger partial charge in [-0.05, 0) is 45.2 Å². The number of benzene rings is 1. The fourth-order valence-electron chi connectivity index (χ4n) is 5.15. The number of carbonyl (C=O) groups excluding carboxylic acids is 1. The Bertz CT molecular complexity index is 875. The lowest BCUT2D eigenvalue weighted by Crippen LogP contribution is -2.60. The van der Waals surface area contributed by atoms with Crippen LogP contribution in [-0.2, 0) is 15.1 Å². The monoisotopic (exact) mass is 405 g/mol. The van der Waals surface area contributed by atoms with Crippen LogP contribution in [0.2, 0.25) is 5.15 Å². The molecular formula is C21H28ClN3O3. The zero-order valence-corrected chi connectivity index (χ0v) is 17.7. The lowest BCUT2D eigenvalue weighted by molar-refractivity contribution is -0.165. The molecule has 1 aromatic carbocycles. The number of rotatable bonds is 2. The summed E-state index contributed by atoms with van der Waals surface area (Å²) < 4.78 is 12.0. The minimum atomic E-state index is -0.502. The van der Waals surface area contributed by atoms with Gasteiger partial charge >= 0.3 is 6.09 Å². The van der Waals surface area contributed by atoms with E-state index < -0.39 is 11.2 Å². The fourth-order valence-corrected chi connectivity index (χ4v) is 5.39. The number of amides is 1. The van der Waals surface area contributed by atoms with Crippen molar-refractivity contribution in [1.82, 2.24) is 15.1 Å². The van der Waals surface area contributed by atoms with Crippen LogP contribution in [0.15, 0.2) is 18.2 Å². The van der Waals surface area contributed by atoms with Crippen molar-refractivity contribution in [3.05, 3.63) is 28.9 Å². The molecule has 1 N–H and O–H groups in total. The van der Waals surface area contributed by atoms with E-state index in [0.717, 1.165) is 35.7 Å². The minimum absolute atomic E-state index is 0.175. The standard InChI is InChI=1S/C21H28ClN3O3/c1-20(2,3)28-19(26)25-11-13-7-5-8-14(12-25)21(13,27-4)15-9-6-10-16-17(15)18(22)24-23-16/h6,9-10,13-14H,5,7-8,11-12H2,1-4H3,(H,23,24). The van der Waals surface area contributed by atoms with Crippen LogP contribution >= 0.6 is 11.6 Å². The van der Waals surface area contributed by atoms with E-state index in [1.807, 2.05) is 37.8 Å². The van der Waals surface area contributed by atoms with Crippen LogP contribution in [0, 0.1) is 11.8 Å². The van der Waals surface area contributed by atoms with Crippen molar-refractivity contribution in [2.45, 2.75) is 51.2 Å². The fraction of sp³-hybridized carbons (Fsp3) is 0.619. The third kappa shape index (κ3) is 3.07. The highest BCUT2D eigenvalue weighted by atomic mass is 35.5. The third-order valence-corrected chi connectivity index (χ3v) is 6.42. The molecule has 2 bridgehead atoms. The molecule has 2 heterocycles. The first-order chi connectivity index (χ1) is 13.3. The van der Waals surface area contributed by atoms with E-state index in [2.05, 4.69) is 16.3 Å². The number of aromatic amines is 1. The number of nitrogens with zero attached hydrogens (tertiary/aromatic N) is 2. The minimum Gasteiger partial charge on any atom is -0.444 e. The molecule has 1 saturated carbocycles. The number of halogens is 1. The molecule has 2 atom stereocenters. The molecule has 1 aliphatic carbocycles. The highest BCUT2D eigenvalue weighted by Gasteiger charge is 2.55. The van der Waals surface area contributed by atoms with Crippen molar-refractivity contribution in [1.29, 1.82) is 0 Å². The van der Waals surface area contributed by atoms with E-state index in [0.29, 0.717) is 18.2 Å². The predicted octanol–water partition coefficient (Wildman–Crippen LogP) is 4.73. The van der Waals surface area contributed by atoms with E-state index in [1.54, 1.807) is 7.11 Å². The zero-order valence-electron chi connectivity index (χ0n) is 16.9. The number of hydrogen-bond acceptors (Lipinski definition) is 4. The molecule has 1 aliphatic heterocycles. The Hall–Kier alpha value is -1.79. The maximum Gasteiger partial charge on any atom is 0.410 e. The molecule has 2 fully saturated rings. The summed E-state index contributed by atoms with van der Waals surface area (Å²) in [5.41, 5.74) is 0.929. The first-order valence-electron chi connectivity index (χ1n) is 9.92. The summed E-state index contributed by atoms with van der Waals surface area (Å²) in [5.74, 6) is 0.350. The number of aromatic nitrogens is 2. The number of likely N-dealkylation sites (tertiary alicyclic amines) is 1. The SMILES string of the molecule is COC1(c2cccc3n[nH]c(Cl)c23)C2CCCC1CN(C(=O)OC(C)(C)C)C2. The van der Waals surface area contributed by atoms with Crippen LogP contribution in [0.4, 0.5) is 4.79 Å². The van der Waals surface area contributed by atoms with Gasteiger partial charge in [-0.15, -0.1) is 0 Å². The number of methoxy groups -OCH3 is 1. The topological polar surface area (TPSA) is 67.5 Å². The largest absolute Gasteiger partial charge is 0.444 e. The summed E-state index contributed by atoms with van der Waals surface area (Å²) in [6.07, 6.45) is 2.89. The smallest absolute Gasteiger partial charge is 0.410 e. The predicted molar refractivity (Wildman–Crippen MR) is 108 cm³/mol. The van der Waals surface area contributed by atoms with Crippen molar-refractivity contribution >= 4 is 28.6 Å². The van der Waals surface area contributed by atoms with Crippen molar-refractivity contribution in [3.8, 4) is 0 Å². The van der Waals surface area contributed by atoms with E-state index >= 15 is 0 Å². The van der Waals surface area contributed by atoms with Crippen LogP contribution in [0.3, 0.4) is 0 Å². The summed E-state index contributed by atoms with van der Waals surface area (Å²) in [6, 6.07) is 6.06. The van der Waals surface area contributed by atoms with Gasteiger partial charge in [0.05, 0.1) is 5.52 Å². The second-order valence-corrected chi connectivity index (χ2v) is 9.32. The van der Waals surface area contributed by atoms with Gasteiger partial charge in [0.1, 0.15) is 16.4 Å². The molecule has 28 heavy (non-hydrogen) atoms. The Balaban J connectivity index is 1.74. The molecule has 152 valence electrons. The van der Waals surface area contributed by atoms with Gasteiger partial charge in [0, 0.05) is 37.4 Å². The molecule has 0 radical (unpaired) electrons. The second-order valence-electron chi connectivity index (χ2n) is 8.94. The van der Waals surface area contributed by atoms with E-state index in [9.17, 15) is 4.79 Å². The molecule has 0 spiro atoms. The zero-order chi connectivity index (χ0) is 20.1. The van der Waals surface area contributed by atoms with Crippen LogP contribution in [0.1, 0.15) is 45.6 Å². The van der Waals surface area contributed by atoms with Crippen molar-refractivity contribution in [2.75, 3.05) is 20.2 Å². The molecule has 1 amide bonds. The number of piperidine rings is 1. The average Bonchev–Trinajstić information content (AvgIpc) is 3.00. The average molecular weight is 406 g/mol. The van der Waals surface area contributed by atoms with Crippen molar-refractivity contribution < 1.29 is 14.3 Å². The highest BCUT2D eigenvalue weighted by Crippen LogP contribution is 2.53. The van der Waals surface area contributed by atoms with Gasteiger partial charge < -0.3 is 14.4 Å². The maximum absolute atomic E-state index is 12.7. The number of ether oxygens (including phenoxy) is 2. The van der Waals surface area contributed by atoms with Gasteiger partial charge in [0.25, 0.3) is 0 Å². The quantitative estimate of drug-likeness (QED) is 0.784. The highest BCUT2D eigenvalue weighted by molar-refractivity contribution is 6.34. The summed E-state index contributed by atoms with van der Waals surface area (Å²) in [4.78, 5) is 14.6. The van der Waals surface area contributed by atoms with Crippen molar-refractivity contribution in [3.63, 3.8) is 0 Å². The van der Waals surface area contributed by atoms with Crippen LogP contribution in [0.25, 0.3) is 10.9 Å². The first kappa shape index (κ1) is 19.5. The van der Waals surface area contributed by atoms with Crippen LogP contribution < -0.4 is 0 Å². The van der Waals surface area contributed by atoms with E-state index in [-0.39, 0.29) is 17.9 Å². The molecule has 7 heteroatoms. The number of H-pyrrole nitrogens is 1.